The van der Waals surface area contributed by atoms with Gasteiger partial charge in [0.05, 0.1) is 11.4 Å². The highest BCUT2D eigenvalue weighted by atomic mass is 15.4. The lowest BCUT2D eigenvalue weighted by Crippen LogP contribution is -1.93. The van der Waals surface area contributed by atoms with Crippen molar-refractivity contribution >= 4 is 0 Å². The molecule has 0 radical (unpaired) electrons. The fourth-order valence-electron chi connectivity index (χ4n) is 0.774. The Morgan fingerprint density at radius 2 is 2.22 bits per heavy atom. The van der Waals surface area contributed by atoms with Gasteiger partial charge in [-0.1, -0.05) is 12.1 Å². The second kappa shape index (κ2) is 2.17. The van der Waals surface area contributed by atoms with Gasteiger partial charge in [-0.25, -0.2) is 0 Å². The molecule has 1 heterocycles. The summed E-state index contributed by atoms with van der Waals surface area (Å²) in [6.07, 6.45) is 0.972. The number of hydrogen-bond acceptors (Lipinski definition) is 2. The third-order valence-electron chi connectivity index (χ3n) is 1.54. The molecule has 3 heteroatoms. The number of nitrogens with zero attached hydrogens (tertiary/aromatic N) is 3. The van der Waals surface area contributed by atoms with Crippen LogP contribution < -0.4 is 0 Å². The predicted octanol–water partition coefficient (Wildman–Crippen LogP) is 0.686. The van der Waals surface area contributed by atoms with Gasteiger partial charge in [0.1, 0.15) is 0 Å². The van der Waals surface area contributed by atoms with Crippen LogP contribution in [0.5, 0.6) is 0 Å². The van der Waals surface area contributed by atoms with Gasteiger partial charge < -0.3 is 0 Å². The highest BCUT2D eigenvalue weighted by Crippen LogP contribution is 2.00. The van der Waals surface area contributed by atoms with Gasteiger partial charge in [-0.15, -0.1) is 5.10 Å². The molecular formula is C6H11N3. The zero-order chi connectivity index (χ0) is 6.85. The van der Waals surface area contributed by atoms with Crippen LogP contribution in [0.2, 0.25) is 0 Å². The van der Waals surface area contributed by atoms with Gasteiger partial charge in [0.2, 0.25) is 0 Å². The molecule has 0 spiro atoms. The quantitative estimate of drug-likeness (QED) is 0.552. The Kier molecular flexibility index (Phi) is 1.51. The van der Waals surface area contributed by atoms with Crippen LogP contribution in [0.25, 0.3) is 0 Å². The van der Waals surface area contributed by atoms with Crippen molar-refractivity contribution in [2.75, 3.05) is 0 Å². The molecule has 0 aliphatic rings. The van der Waals surface area contributed by atoms with E-state index in [1.54, 1.807) is 4.68 Å². The van der Waals surface area contributed by atoms with E-state index in [1.807, 2.05) is 14.0 Å². The average Bonchev–Trinajstić information content (AvgIpc) is 2.15. The van der Waals surface area contributed by atoms with Crippen molar-refractivity contribution in [3.05, 3.63) is 11.4 Å². The highest BCUT2D eigenvalue weighted by molar-refractivity contribution is 5.06. The third-order valence-corrected chi connectivity index (χ3v) is 1.54. The van der Waals surface area contributed by atoms with Crippen molar-refractivity contribution in [1.29, 1.82) is 0 Å². The Bertz CT molecular complexity index is 202. The first-order chi connectivity index (χ1) is 4.25. The molecule has 0 atom stereocenters. The minimum absolute atomic E-state index is 0.972. The molecule has 50 valence electrons. The monoisotopic (exact) mass is 125 g/mol. The smallest absolute Gasteiger partial charge is 0.0853 e. The topological polar surface area (TPSA) is 30.7 Å². The minimum atomic E-state index is 0.972. The van der Waals surface area contributed by atoms with Crippen LogP contribution in [-0.2, 0) is 13.5 Å². The summed E-state index contributed by atoms with van der Waals surface area (Å²) in [5.74, 6) is 0. The first-order valence-corrected chi connectivity index (χ1v) is 3.11. The van der Waals surface area contributed by atoms with E-state index in [-0.39, 0.29) is 0 Å². The minimum Gasteiger partial charge on any atom is -0.252 e. The summed E-state index contributed by atoms with van der Waals surface area (Å²) < 4.78 is 1.79. The van der Waals surface area contributed by atoms with E-state index in [1.165, 1.54) is 0 Å². The summed E-state index contributed by atoms with van der Waals surface area (Å²) in [5.41, 5.74) is 2.26. The molecule has 0 aliphatic heterocycles. The van der Waals surface area contributed by atoms with E-state index in [2.05, 4.69) is 17.2 Å². The van der Waals surface area contributed by atoms with E-state index in [4.69, 9.17) is 0 Å². The second-order valence-corrected chi connectivity index (χ2v) is 2.10. The number of hydrogen-bond donors (Lipinski definition) is 0. The summed E-state index contributed by atoms with van der Waals surface area (Å²) in [7, 11) is 1.90. The van der Waals surface area contributed by atoms with E-state index in [0.29, 0.717) is 0 Å². The predicted molar refractivity (Wildman–Crippen MR) is 35.1 cm³/mol. The van der Waals surface area contributed by atoms with E-state index >= 15 is 0 Å². The first-order valence-electron chi connectivity index (χ1n) is 3.11. The molecule has 3 nitrogen and oxygen atoms in total. The van der Waals surface area contributed by atoms with Gasteiger partial charge in [-0.2, -0.15) is 0 Å². The van der Waals surface area contributed by atoms with Crippen molar-refractivity contribution in [3.63, 3.8) is 0 Å². The maximum absolute atomic E-state index is 3.95. The Labute approximate surface area is 54.7 Å². The maximum atomic E-state index is 3.95. The van der Waals surface area contributed by atoms with Crippen molar-refractivity contribution in [3.8, 4) is 0 Å². The normalized spacial score (nSPS) is 10.1. The van der Waals surface area contributed by atoms with Gasteiger partial charge in [-0.05, 0) is 13.3 Å². The van der Waals surface area contributed by atoms with Crippen LogP contribution in [0.3, 0.4) is 0 Å². The SMILES string of the molecule is CCc1nnn(C)c1C. The third kappa shape index (κ3) is 0.943. The maximum Gasteiger partial charge on any atom is 0.0853 e. The molecule has 0 unspecified atom stereocenters. The zero-order valence-electron chi connectivity index (χ0n) is 6.05. The molecule has 1 rings (SSSR count). The van der Waals surface area contributed by atoms with Crippen molar-refractivity contribution in [1.82, 2.24) is 15.0 Å². The molecule has 0 fully saturated rings. The Morgan fingerprint density at radius 3 is 2.44 bits per heavy atom. The van der Waals surface area contributed by atoms with Gasteiger partial charge in [-0.3, -0.25) is 4.68 Å². The Balaban J connectivity index is 3.04. The number of aryl methyl sites for hydroxylation is 2. The van der Waals surface area contributed by atoms with Crippen LogP contribution in [-0.4, -0.2) is 15.0 Å². The van der Waals surface area contributed by atoms with Gasteiger partial charge >= 0.3 is 0 Å². The zero-order valence-corrected chi connectivity index (χ0v) is 6.05. The molecule has 0 amide bonds. The highest BCUT2D eigenvalue weighted by Gasteiger charge is 2.00. The first kappa shape index (κ1) is 6.26. The van der Waals surface area contributed by atoms with E-state index < -0.39 is 0 Å². The Hall–Kier alpha value is -0.860. The fourth-order valence-corrected chi connectivity index (χ4v) is 0.774. The summed E-state index contributed by atoms with van der Waals surface area (Å²) in [6, 6.07) is 0. The van der Waals surface area contributed by atoms with E-state index in [9.17, 15) is 0 Å². The lowest BCUT2D eigenvalue weighted by Gasteiger charge is -1.90. The molecule has 1 aromatic rings. The van der Waals surface area contributed by atoms with Crippen LogP contribution in [0.1, 0.15) is 18.3 Å². The molecular weight excluding hydrogens is 114 g/mol. The van der Waals surface area contributed by atoms with Gasteiger partial charge in [0, 0.05) is 7.05 Å². The standard InChI is InChI=1S/C6H11N3/c1-4-6-5(2)9(3)8-7-6/h4H2,1-3H3. The summed E-state index contributed by atoms with van der Waals surface area (Å²) in [6.45, 7) is 4.11. The molecule has 0 N–H and O–H groups in total. The molecule has 9 heavy (non-hydrogen) atoms. The average molecular weight is 125 g/mol. The number of rotatable bonds is 1. The molecule has 0 saturated carbocycles. The summed E-state index contributed by atoms with van der Waals surface area (Å²) in [5, 5.41) is 7.80. The molecule has 0 aromatic carbocycles. The van der Waals surface area contributed by atoms with Crippen molar-refractivity contribution < 1.29 is 0 Å². The van der Waals surface area contributed by atoms with Crippen LogP contribution in [0.15, 0.2) is 0 Å². The van der Waals surface area contributed by atoms with Crippen LogP contribution >= 0.6 is 0 Å². The fraction of sp³-hybridized carbons (Fsp3) is 0.667. The van der Waals surface area contributed by atoms with Crippen LogP contribution in [0.4, 0.5) is 0 Å². The van der Waals surface area contributed by atoms with Crippen molar-refractivity contribution in [2.45, 2.75) is 20.3 Å². The molecule has 0 aliphatic carbocycles. The lowest BCUT2D eigenvalue weighted by molar-refractivity contribution is 0.696. The Morgan fingerprint density at radius 1 is 1.56 bits per heavy atom. The van der Waals surface area contributed by atoms with Gasteiger partial charge in [0.15, 0.2) is 0 Å². The molecule has 0 bridgehead atoms. The number of aromatic nitrogens is 3. The van der Waals surface area contributed by atoms with Crippen molar-refractivity contribution in [2.24, 2.45) is 7.05 Å². The summed E-state index contributed by atoms with van der Waals surface area (Å²) >= 11 is 0. The molecule has 1 aromatic heterocycles. The largest absolute Gasteiger partial charge is 0.252 e. The summed E-state index contributed by atoms with van der Waals surface area (Å²) in [4.78, 5) is 0. The van der Waals surface area contributed by atoms with Gasteiger partial charge in [0.25, 0.3) is 0 Å². The molecule has 0 saturated heterocycles. The van der Waals surface area contributed by atoms with Crippen LogP contribution in [0, 0.1) is 6.92 Å². The van der Waals surface area contributed by atoms with E-state index in [0.717, 1.165) is 17.8 Å². The lowest BCUT2D eigenvalue weighted by atomic mass is 10.3. The second-order valence-electron chi connectivity index (χ2n) is 2.10.